The molecule has 1 rings (SSSR count). The Balaban J connectivity index is 2.31. The van der Waals surface area contributed by atoms with Crippen molar-refractivity contribution < 1.29 is 23.9 Å². The van der Waals surface area contributed by atoms with Gasteiger partial charge in [-0.15, -0.1) is 0 Å². The molecule has 8 heteroatoms. The lowest BCUT2D eigenvalue weighted by Crippen LogP contribution is -2.50. The fourth-order valence-corrected chi connectivity index (χ4v) is 2.11. The zero-order valence-corrected chi connectivity index (χ0v) is 14.8. The summed E-state index contributed by atoms with van der Waals surface area (Å²) in [7, 11) is 0. The number of nitrogens with one attached hydrogen (secondary N) is 2. The molecule has 0 aliphatic carbocycles. The highest BCUT2D eigenvalue weighted by Crippen LogP contribution is 2.15. The van der Waals surface area contributed by atoms with E-state index < -0.39 is 17.5 Å². The van der Waals surface area contributed by atoms with Crippen LogP contribution in [0.2, 0.25) is 0 Å². The number of imide groups is 1. The third-order valence-electron chi connectivity index (χ3n) is 3.20. The molecule has 0 aromatic rings. The van der Waals surface area contributed by atoms with Crippen LogP contribution in [0, 0.1) is 0 Å². The predicted octanol–water partition coefficient (Wildman–Crippen LogP) is 1.76. The minimum atomic E-state index is -0.558. The molecule has 4 amide bonds. The molecule has 1 fully saturated rings. The molecule has 1 heterocycles. The van der Waals surface area contributed by atoms with Crippen molar-refractivity contribution in [3.8, 4) is 0 Å². The zero-order chi connectivity index (χ0) is 18.2. The SMILES string of the molecule is CCO/C=C/C(=O)NC(=O)NC1CCN(C(=O)OC(C)(C)C)CC1. The van der Waals surface area contributed by atoms with Gasteiger partial charge in [0.1, 0.15) is 5.60 Å². The molecule has 136 valence electrons. The van der Waals surface area contributed by atoms with Crippen LogP contribution < -0.4 is 10.6 Å². The second-order valence-corrected chi connectivity index (χ2v) is 6.46. The van der Waals surface area contributed by atoms with Crippen LogP contribution in [0.3, 0.4) is 0 Å². The first-order valence-corrected chi connectivity index (χ1v) is 8.09. The Morgan fingerprint density at radius 1 is 1.21 bits per heavy atom. The van der Waals surface area contributed by atoms with E-state index in [1.807, 2.05) is 20.8 Å². The van der Waals surface area contributed by atoms with Crippen molar-refractivity contribution in [2.24, 2.45) is 0 Å². The Labute approximate surface area is 142 Å². The number of piperidine rings is 1. The first kappa shape index (κ1) is 19.8. The van der Waals surface area contributed by atoms with Crippen molar-refractivity contribution in [3.05, 3.63) is 12.3 Å². The first-order chi connectivity index (χ1) is 11.2. The fraction of sp³-hybridized carbons (Fsp3) is 0.688. The normalized spacial score (nSPS) is 15.9. The summed E-state index contributed by atoms with van der Waals surface area (Å²) in [4.78, 5) is 36.7. The zero-order valence-electron chi connectivity index (χ0n) is 14.8. The maximum absolute atomic E-state index is 12.0. The van der Waals surface area contributed by atoms with Crippen LogP contribution in [-0.4, -0.2) is 54.3 Å². The van der Waals surface area contributed by atoms with Crippen LogP contribution in [0.1, 0.15) is 40.5 Å². The summed E-state index contributed by atoms with van der Waals surface area (Å²) in [6, 6.07) is -0.649. The molecule has 8 nitrogen and oxygen atoms in total. The van der Waals surface area contributed by atoms with Crippen molar-refractivity contribution >= 4 is 18.0 Å². The van der Waals surface area contributed by atoms with E-state index in [1.54, 1.807) is 11.8 Å². The summed E-state index contributed by atoms with van der Waals surface area (Å²) in [5.41, 5.74) is -0.526. The van der Waals surface area contributed by atoms with Crippen molar-refractivity contribution in [1.29, 1.82) is 0 Å². The van der Waals surface area contributed by atoms with Crippen LogP contribution in [0.25, 0.3) is 0 Å². The van der Waals surface area contributed by atoms with Gasteiger partial charge in [0.05, 0.1) is 12.9 Å². The van der Waals surface area contributed by atoms with Crippen molar-refractivity contribution in [2.75, 3.05) is 19.7 Å². The number of carbonyl (C=O) groups excluding carboxylic acids is 3. The molecule has 2 N–H and O–H groups in total. The highest BCUT2D eigenvalue weighted by atomic mass is 16.6. The standard InChI is InChI=1S/C16H27N3O5/c1-5-23-11-8-13(20)18-14(21)17-12-6-9-19(10-7-12)15(22)24-16(2,3)4/h8,11-12H,5-7,9-10H2,1-4H3,(H2,17,18,20,21)/b11-8+. The van der Waals surface area contributed by atoms with Gasteiger partial charge in [-0.05, 0) is 40.5 Å². The predicted molar refractivity (Wildman–Crippen MR) is 88.3 cm³/mol. The smallest absolute Gasteiger partial charge is 0.410 e. The van der Waals surface area contributed by atoms with Crippen molar-refractivity contribution in [3.63, 3.8) is 0 Å². The average Bonchev–Trinajstić information content (AvgIpc) is 2.46. The number of rotatable bonds is 4. The Hall–Kier alpha value is -2.25. The Bertz CT molecular complexity index is 477. The third-order valence-corrected chi connectivity index (χ3v) is 3.20. The number of nitrogens with zero attached hydrogens (tertiary/aromatic N) is 1. The van der Waals surface area contributed by atoms with E-state index in [1.165, 1.54) is 6.26 Å². The van der Waals surface area contributed by atoms with E-state index in [0.717, 1.165) is 6.08 Å². The number of ether oxygens (including phenoxy) is 2. The quantitative estimate of drug-likeness (QED) is 0.600. The van der Waals surface area contributed by atoms with Crippen LogP contribution in [0.5, 0.6) is 0 Å². The lowest BCUT2D eigenvalue weighted by atomic mass is 10.1. The van der Waals surface area contributed by atoms with Gasteiger partial charge in [0.15, 0.2) is 0 Å². The molecule has 24 heavy (non-hydrogen) atoms. The van der Waals surface area contributed by atoms with Gasteiger partial charge in [0, 0.05) is 25.2 Å². The lowest BCUT2D eigenvalue weighted by Gasteiger charge is -2.33. The van der Waals surface area contributed by atoms with E-state index in [0.29, 0.717) is 32.5 Å². The number of hydrogen-bond donors (Lipinski definition) is 2. The molecule has 1 aliphatic heterocycles. The minimum Gasteiger partial charge on any atom is -0.501 e. The fourth-order valence-electron chi connectivity index (χ4n) is 2.11. The maximum atomic E-state index is 12.0. The highest BCUT2D eigenvalue weighted by molar-refractivity contribution is 6.00. The molecule has 1 aliphatic rings. The Kier molecular flexibility index (Phi) is 7.54. The van der Waals surface area contributed by atoms with Crippen LogP contribution in [0.4, 0.5) is 9.59 Å². The second-order valence-electron chi connectivity index (χ2n) is 6.46. The Morgan fingerprint density at radius 2 is 1.83 bits per heavy atom. The number of amides is 4. The van der Waals surface area contributed by atoms with Gasteiger partial charge in [0.2, 0.25) is 0 Å². The number of urea groups is 1. The molecular weight excluding hydrogens is 314 g/mol. The maximum Gasteiger partial charge on any atom is 0.410 e. The summed E-state index contributed by atoms with van der Waals surface area (Å²) in [6.07, 6.45) is 3.25. The molecular formula is C16H27N3O5. The summed E-state index contributed by atoms with van der Waals surface area (Å²) < 4.78 is 10.2. The van der Waals surface area contributed by atoms with E-state index in [-0.39, 0.29) is 12.1 Å². The molecule has 0 aromatic carbocycles. The number of hydrogen-bond acceptors (Lipinski definition) is 5. The van der Waals surface area contributed by atoms with Crippen LogP contribution in [0.15, 0.2) is 12.3 Å². The number of likely N-dealkylation sites (tertiary alicyclic amines) is 1. The summed E-state index contributed by atoms with van der Waals surface area (Å²) in [6.45, 7) is 8.70. The van der Waals surface area contributed by atoms with Gasteiger partial charge in [-0.2, -0.15) is 0 Å². The lowest BCUT2D eigenvalue weighted by molar-refractivity contribution is -0.115. The molecule has 0 spiro atoms. The molecule has 0 aromatic heterocycles. The average molecular weight is 341 g/mol. The summed E-state index contributed by atoms with van der Waals surface area (Å²) >= 11 is 0. The second kappa shape index (κ2) is 9.14. The summed E-state index contributed by atoms with van der Waals surface area (Å²) in [5.74, 6) is -0.549. The van der Waals surface area contributed by atoms with Crippen LogP contribution >= 0.6 is 0 Å². The van der Waals surface area contributed by atoms with E-state index in [9.17, 15) is 14.4 Å². The monoisotopic (exact) mass is 341 g/mol. The van der Waals surface area contributed by atoms with Gasteiger partial charge >= 0.3 is 12.1 Å². The molecule has 0 radical (unpaired) electrons. The number of carbonyl (C=O) groups is 3. The van der Waals surface area contributed by atoms with Crippen molar-refractivity contribution in [1.82, 2.24) is 15.5 Å². The molecule has 0 saturated carbocycles. The Morgan fingerprint density at radius 3 is 2.38 bits per heavy atom. The third kappa shape index (κ3) is 7.85. The highest BCUT2D eigenvalue weighted by Gasteiger charge is 2.27. The molecule has 0 atom stereocenters. The van der Waals surface area contributed by atoms with Gasteiger partial charge in [0.25, 0.3) is 5.91 Å². The first-order valence-electron chi connectivity index (χ1n) is 8.09. The minimum absolute atomic E-state index is 0.0904. The topological polar surface area (TPSA) is 97.0 Å². The summed E-state index contributed by atoms with van der Waals surface area (Å²) in [5, 5.41) is 4.91. The largest absolute Gasteiger partial charge is 0.501 e. The van der Waals surface area contributed by atoms with Gasteiger partial charge < -0.3 is 19.7 Å². The van der Waals surface area contributed by atoms with E-state index in [2.05, 4.69) is 10.6 Å². The molecule has 0 bridgehead atoms. The van der Waals surface area contributed by atoms with Crippen LogP contribution in [-0.2, 0) is 14.3 Å². The van der Waals surface area contributed by atoms with E-state index >= 15 is 0 Å². The molecule has 0 unspecified atom stereocenters. The van der Waals surface area contributed by atoms with Gasteiger partial charge in [-0.25, -0.2) is 9.59 Å². The van der Waals surface area contributed by atoms with Gasteiger partial charge in [-0.1, -0.05) is 0 Å². The van der Waals surface area contributed by atoms with Crippen molar-refractivity contribution in [2.45, 2.75) is 52.2 Å². The van der Waals surface area contributed by atoms with E-state index in [4.69, 9.17) is 9.47 Å². The van der Waals surface area contributed by atoms with Gasteiger partial charge in [-0.3, -0.25) is 10.1 Å². The molecule has 1 saturated heterocycles.